The third-order valence-electron chi connectivity index (χ3n) is 4.03. The number of hydrogen-bond donors (Lipinski definition) is 1. The van der Waals surface area contributed by atoms with Gasteiger partial charge >= 0.3 is 0 Å². The van der Waals surface area contributed by atoms with E-state index in [1.807, 2.05) is 26.0 Å². The van der Waals surface area contributed by atoms with Crippen LogP contribution >= 0.6 is 0 Å². The van der Waals surface area contributed by atoms with Crippen LogP contribution in [0.3, 0.4) is 0 Å². The summed E-state index contributed by atoms with van der Waals surface area (Å²) in [6, 6.07) is 11.2. The lowest BCUT2D eigenvalue weighted by molar-refractivity contribution is -0.384. The van der Waals surface area contributed by atoms with Gasteiger partial charge in [-0.25, -0.2) is 5.01 Å². The number of hydrogen-bond acceptors (Lipinski definition) is 4. The summed E-state index contributed by atoms with van der Waals surface area (Å²) in [4.78, 5) is 35.1. The van der Waals surface area contributed by atoms with Crippen LogP contribution in [-0.4, -0.2) is 16.7 Å². The number of nitro benzene ring substituents is 1. The lowest BCUT2D eigenvalue weighted by atomic mass is 10.1. The van der Waals surface area contributed by atoms with Gasteiger partial charge in [0.25, 0.3) is 17.5 Å². The van der Waals surface area contributed by atoms with Gasteiger partial charge in [0.15, 0.2) is 0 Å². The molecule has 1 aliphatic heterocycles. The average molecular weight is 337 g/mol. The number of aryl methyl sites for hydroxylation is 2. The molecule has 2 aromatic rings. The fourth-order valence-electron chi connectivity index (χ4n) is 2.50. The molecule has 0 spiro atoms. The monoisotopic (exact) mass is 337 g/mol. The Morgan fingerprint density at radius 2 is 1.84 bits per heavy atom. The molecular formula is C18H15N3O4. The minimum absolute atomic E-state index is 0.0706. The molecule has 7 heteroatoms. The molecule has 25 heavy (non-hydrogen) atoms. The van der Waals surface area contributed by atoms with Crippen LogP contribution < -0.4 is 10.4 Å². The molecule has 1 heterocycles. The first-order valence-electron chi connectivity index (χ1n) is 7.55. The molecule has 1 fully saturated rings. The van der Waals surface area contributed by atoms with Crippen molar-refractivity contribution in [3.05, 3.63) is 74.8 Å². The smallest absolute Gasteiger partial charge is 0.267 e. The average Bonchev–Trinajstić information content (AvgIpc) is 2.86. The van der Waals surface area contributed by atoms with E-state index in [0.717, 1.165) is 11.1 Å². The van der Waals surface area contributed by atoms with Crippen LogP contribution in [-0.2, 0) is 9.59 Å². The molecule has 1 N–H and O–H groups in total. The van der Waals surface area contributed by atoms with Gasteiger partial charge in [0.2, 0.25) is 0 Å². The Kier molecular flexibility index (Phi) is 4.06. The normalized spacial score (nSPS) is 15.6. The molecule has 0 saturated carbocycles. The number of benzene rings is 2. The summed E-state index contributed by atoms with van der Waals surface area (Å²) in [5, 5.41) is 12.0. The van der Waals surface area contributed by atoms with Crippen LogP contribution in [0.4, 0.5) is 11.4 Å². The SMILES string of the molecule is Cc1ccc(N2NC(=O)/C(=C\c3cccc([N+](=O)[O-])c3)C2=O)cc1C. The third-order valence-corrected chi connectivity index (χ3v) is 4.03. The number of carbonyl (C=O) groups is 2. The maximum absolute atomic E-state index is 12.6. The van der Waals surface area contributed by atoms with Crippen molar-refractivity contribution < 1.29 is 14.5 Å². The topological polar surface area (TPSA) is 92.6 Å². The maximum atomic E-state index is 12.6. The molecule has 2 amide bonds. The number of amides is 2. The van der Waals surface area contributed by atoms with Crippen LogP contribution in [0, 0.1) is 24.0 Å². The molecular weight excluding hydrogens is 322 g/mol. The molecule has 2 aromatic carbocycles. The van der Waals surface area contributed by atoms with Crippen molar-refractivity contribution in [3.8, 4) is 0 Å². The summed E-state index contributed by atoms with van der Waals surface area (Å²) in [5.41, 5.74) is 5.39. The molecule has 3 rings (SSSR count). The minimum Gasteiger partial charge on any atom is -0.267 e. The first kappa shape index (κ1) is 16.4. The lowest BCUT2D eigenvalue weighted by Crippen LogP contribution is -2.35. The Balaban J connectivity index is 1.94. The Hall–Kier alpha value is -3.48. The highest BCUT2D eigenvalue weighted by atomic mass is 16.6. The Morgan fingerprint density at radius 3 is 2.52 bits per heavy atom. The van der Waals surface area contributed by atoms with Crippen molar-refractivity contribution in [2.24, 2.45) is 0 Å². The minimum atomic E-state index is -0.547. The molecule has 0 atom stereocenters. The molecule has 0 radical (unpaired) electrons. The summed E-state index contributed by atoms with van der Waals surface area (Å²) < 4.78 is 0. The number of nitrogens with one attached hydrogen (secondary N) is 1. The fourth-order valence-corrected chi connectivity index (χ4v) is 2.50. The predicted octanol–water partition coefficient (Wildman–Crippen LogP) is 2.67. The van der Waals surface area contributed by atoms with Gasteiger partial charge in [-0.2, -0.15) is 0 Å². The summed E-state index contributed by atoms with van der Waals surface area (Å²) in [5.74, 6) is -1.05. The molecule has 7 nitrogen and oxygen atoms in total. The number of non-ortho nitro benzene ring substituents is 1. The molecule has 0 bridgehead atoms. The van der Waals surface area contributed by atoms with Crippen LogP contribution in [0.1, 0.15) is 16.7 Å². The van der Waals surface area contributed by atoms with Gasteiger partial charge in [0.1, 0.15) is 5.57 Å². The van der Waals surface area contributed by atoms with Crippen molar-refractivity contribution in [2.75, 3.05) is 5.01 Å². The van der Waals surface area contributed by atoms with Crippen LogP contribution in [0.2, 0.25) is 0 Å². The maximum Gasteiger partial charge on any atom is 0.282 e. The zero-order chi connectivity index (χ0) is 18.1. The Bertz CT molecular complexity index is 934. The Morgan fingerprint density at radius 1 is 1.08 bits per heavy atom. The number of anilines is 1. The van der Waals surface area contributed by atoms with Crippen LogP contribution in [0.5, 0.6) is 0 Å². The quantitative estimate of drug-likeness (QED) is 0.403. The summed E-state index contributed by atoms with van der Waals surface area (Å²) >= 11 is 0. The first-order valence-corrected chi connectivity index (χ1v) is 7.55. The van der Waals surface area contributed by atoms with Gasteiger partial charge in [-0.1, -0.05) is 18.2 Å². The van der Waals surface area contributed by atoms with Gasteiger partial charge < -0.3 is 0 Å². The second-order valence-corrected chi connectivity index (χ2v) is 5.76. The predicted molar refractivity (Wildman–Crippen MR) is 92.6 cm³/mol. The van der Waals surface area contributed by atoms with Crippen molar-refractivity contribution >= 4 is 29.3 Å². The van der Waals surface area contributed by atoms with Crippen molar-refractivity contribution in [2.45, 2.75) is 13.8 Å². The highest BCUT2D eigenvalue weighted by molar-refractivity contribution is 6.31. The number of rotatable bonds is 3. The van der Waals surface area contributed by atoms with E-state index in [9.17, 15) is 19.7 Å². The van der Waals surface area contributed by atoms with Gasteiger partial charge in [-0.05, 0) is 48.7 Å². The largest absolute Gasteiger partial charge is 0.282 e. The van der Waals surface area contributed by atoms with E-state index in [4.69, 9.17) is 0 Å². The second kappa shape index (κ2) is 6.20. The molecule has 126 valence electrons. The highest BCUT2D eigenvalue weighted by Crippen LogP contribution is 2.24. The fraction of sp³-hybridized carbons (Fsp3) is 0.111. The van der Waals surface area contributed by atoms with Gasteiger partial charge in [-0.15, -0.1) is 0 Å². The van der Waals surface area contributed by atoms with E-state index in [1.54, 1.807) is 12.1 Å². The van der Waals surface area contributed by atoms with E-state index in [-0.39, 0.29) is 11.3 Å². The zero-order valence-electron chi connectivity index (χ0n) is 13.6. The first-order chi connectivity index (χ1) is 11.9. The van der Waals surface area contributed by atoms with Gasteiger partial charge in [0, 0.05) is 12.1 Å². The molecule has 0 aromatic heterocycles. The number of nitrogens with zero attached hydrogens (tertiary/aromatic N) is 2. The number of carbonyl (C=O) groups excluding carboxylic acids is 2. The van der Waals surface area contributed by atoms with E-state index in [2.05, 4.69) is 5.43 Å². The van der Waals surface area contributed by atoms with Gasteiger partial charge in [0.05, 0.1) is 10.6 Å². The van der Waals surface area contributed by atoms with Crippen molar-refractivity contribution in [1.29, 1.82) is 0 Å². The molecule has 1 saturated heterocycles. The lowest BCUT2D eigenvalue weighted by Gasteiger charge is -2.15. The second-order valence-electron chi connectivity index (χ2n) is 5.76. The van der Waals surface area contributed by atoms with Crippen LogP contribution in [0.25, 0.3) is 6.08 Å². The van der Waals surface area contributed by atoms with Crippen LogP contribution in [0.15, 0.2) is 48.0 Å². The summed E-state index contributed by atoms with van der Waals surface area (Å²) in [6.07, 6.45) is 1.35. The number of hydrazine groups is 1. The van der Waals surface area contributed by atoms with E-state index in [0.29, 0.717) is 11.3 Å². The summed E-state index contributed by atoms with van der Waals surface area (Å²) in [6.45, 7) is 3.87. The standard InChI is InChI=1S/C18H15N3O4/c1-11-6-7-14(8-12(11)2)20-18(23)16(17(22)19-20)10-13-4-3-5-15(9-13)21(24)25/h3-10H,1-2H3,(H,19,22)/b16-10+. The van der Waals surface area contributed by atoms with Gasteiger partial charge in [-0.3, -0.25) is 25.1 Å². The molecule has 1 aliphatic rings. The zero-order valence-corrected chi connectivity index (χ0v) is 13.6. The Labute approximate surface area is 143 Å². The van der Waals surface area contributed by atoms with Crippen molar-refractivity contribution in [3.63, 3.8) is 0 Å². The van der Waals surface area contributed by atoms with E-state index < -0.39 is 16.7 Å². The van der Waals surface area contributed by atoms with E-state index in [1.165, 1.54) is 29.3 Å². The summed E-state index contributed by atoms with van der Waals surface area (Å²) in [7, 11) is 0. The van der Waals surface area contributed by atoms with E-state index >= 15 is 0 Å². The third kappa shape index (κ3) is 3.12. The van der Waals surface area contributed by atoms with Crippen molar-refractivity contribution in [1.82, 2.24) is 5.43 Å². The molecule has 0 aliphatic carbocycles. The molecule has 0 unspecified atom stereocenters. The highest BCUT2D eigenvalue weighted by Gasteiger charge is 2.34. The number of nitro groups is 1.